The van der Waals surface area contributed by atoms with Crippen molar-refractivity contribution in [2.75, 3.05) is 26.6 Å². The molecule has 0 heterocycles. The molecule has 0 unspecified atom stereocenters. The van der Waals surface area contributed by atoms with Crippen molar-refractivity contribution >= 4 is 76.6 Å². The lowest BCUT2D eigenvalue weighted by atomic mass is 9.83. The smallest absolute Gasteiger partial charge is 0.469 e. The summed E-state index contributed by atoms with van der Waals surface area (Å²) in [5.41, 5.74) is 0. The summed E-state index contributed by atoms with van der Waals surface area (Å²) >= 11 is 0. The number of ketones is 5. The Kier molecular flexibility index (Phi) is 35.2. The largest absolute Gasteiger partial charge is 0.481 e. The molecule has 7 N–H and O–H groups in total. The number of Topliss-reactive ketones (excluding diaryl/α,β-unsaturated/α-hetero) is 5. The Morgan fingerprint density at radius 1 is 0.461 bits per heavy atom. The number of aliphatic carboxylic acids is 3. The predicted molar refractivity (Wildman–Crippen MR) is 276 cm³/mol. The van der Waals surface area contributed by atoms with E-state index in [1.54, 1.807) is 0 Å². The van der Waals surface area contributed by atoms with Gasteiger partial charge < -0.3 is 34.6 Å². The summed E-state index contributed by atoms with van der Waals surface area (Å²) < 4.78 is 44.9. The third-order valence-electron chi connectivity index (χ3n) is 14.5. The molecule has 0 amide bonds. The number of hydrogen-bond donors (Lipinski definition) is 6. The SMILES string of the molecule is COC(=O)C(CC(=O)C1CCCCC1)C(=O)OC.NS(=O)(=O)CCC(=O)C1CCCCC1.O=C(CC(C(=O)O)C(=O)O)C1CCCCC1.O=C(CCOP(=O)(O)O)C1CCCCC1.O=C(O)CCC(=O)C1CCCCC1. The monoisotopic (exact) mass is 1120 g/mol. The Morgan fingerprint density at radius 3 is 1.03 bits per heavy atom. The minimum absolute atomic E-state index is 0.00463. The van der Waals surface area contributed by atoms with Crippen molar-refractivity contribution in [1.29, 1.82) is 0 Å². The number of rotatable bonds is 23. The van der Waals surface area contributed by atoms with Gasteiger partial charge in [0.2, 0.25) is 10.0 Å². The number of methoxy groups -OCH3 is 2. The lowest BCUT2D eigenvalue weighted by Gasteiger charge is -2.21. The first kappa shape index (κ1) is 69.7. The third-order valence-corrected chi connectivity index (χ3v) is 15.8. The van der Waals surface area contributed by atoms with Crippen molar-refractivity contribution in [3.63, 3.8) is 0 Å². The summed E-state index contributed by atoms with van der Waals surface area (Å²) in [6.07, 6.45) is 25.3. The molecule has 5 aliphatic carbocycles. The zero-order chi connectivity index (χ0) is 57.3. The highest BCUT2D eigenvalue weighted by atomic mass is 32.2. The molecule has 5 aliphatic rings. The highest BCUT2D eigenvalue weighted by Crippen LogP contribution is 2.36. The summed E-state index contributed by atoms with van der Waals surface area (Å²) in [6, 6.07) is 0. The van der Waals surface area contributed by atoms with Crippen LogP contribution in [0.4, 0.5) is 0 Å². The van der Waals surface area contributed by atoms with Gasteiger partial charge in [-0.25, -0.2) is 18.1 Å². The Bertz CT molecular complexity index is 1980. The summed E-state index contributed by atoms with van der Waals surface area (Å²) in [7, 11) is -5.50. The van der Waals surface area contributed by atoms with E-state index in [-0.39, 0.29) is 109 Å². The Hall–Kier alpha value is -4.28. The fraction of sp³-hybridized carbons (Fsp3) is 0.808. The molecule has 0 radical (unpaired) electrons. The normalized spacial score (nSPS) is 18.0. The first-order chi connectivity index (χ1) is 35.8. The summed E-state index contributed by atoms with van der Waals surface area (Å²) in [6.45, 7) is -0.181. The number of carboxylic acids is 3. The zero-order valence-electron chi connectivity index (χ0n) is 44.6. The van der Waals surface area contributed by atoms with Gasteiger partial charge in [0, 0.05) is 61.7 Å². The Morgan fingerprint density at radius 2 is 0.750 bits per heavy atom. The maximum Gasteiger partial charge on any atom is 0.469 e. The van der Waals surface area contributed by atoms with E-state index in [2.05, 4.69) is 14.0 Å². The molecular formula is C52H86NO21PS. The zero-order valence-corrected chi connectivity index (χ0v) is 46.3. The number of carbonyl (C=O) groups excluding carboxylic acids is 7. The van der Waals surface area contributed by atoms with Gasteiger partial charge in [-0.3, -0.25) is 52.5 Å². The lowest BCUT2D eigenvalue weighted by Crippen LogP contribution is -2.31. The molecule has 0 aromatic rings. The fourth-order valence-electron chi connectivity index (χ4n) is 10.0. The summed E-state index contributed by atoms with van der Waals surface area (Å²) in [5.74, 6) is -7.82. The number of esters is 2. The molecule has 0 aromatic heterocycles. The molecule has 0 bridgehead atoms. The van der Waals surface area contributed by atoms with Gasteiger partial charge in [0.1, 0.15) is 28.9 Å². The summed E-state index contributed by atoms with van der Waals surface area (Å²) in [4.78, 5) is 129. The molecule has 0 aromatic carbocycles. The van der Waals surface area contributed by atoms with Gasteiger partial charge in [0.05, 0.1) is 33.0 Å². The van der Waals surface area contributed by atoms with E-state index < -0.39 is 59.5 Å². The number of phosphoric acid groups is 1. The maximum atomic E-state index is 12.0. The molecule has 0 spiro atoms. The van der Waals surface area contributed by atoms with E-state index in [4.69, 9.17) is 30.2 Å². The van der Waals surface area contributed by atoms with Crippen molar-refractivity contribution in [1.82, 2.24) is 0 Å². The number of carboxylic acid groups (broad SMARTS) is 3. The number of ether oxygens (including phenoxy) is 2. The Labute approximate surface area is 447 Å². The van der Waals surface area contributed by atoms with Crippen LogP contribution in [0, 0.1) is 41.4 Å². The molecule has 0 saturated heterocycles. The van der Waals surface area contributed by atoms with Crippen molar-refractivity contribution in [2.24, 2.45) is 46.6 Å². The van der Waals surface area contributed by atoms with E-state index in [9.17, 15) is 60.9 Å². The van der Waals surface area contributed by atoms with E-state index in [0.717, 1.165) is 141 Å². The van der Waals surface area contributed by atoms with Crippen LogP contribution in [0.15, 0.2) is 0 Å². The fourth-order valence-corrected chi connectivity index (χ4v) is 10.9. The molecule has 5 fully saturated rings. The minimum Gasteiger partial charge on any atom is -0.481 e. The number of primary sulfonamides is 1. The van der Waals surface area contributed by atoms with Crippen molar-refractivity contribution in [2.45, 2.75) is 199 Å². The standard InChI is InChI=1S/C13H20O5.C11H16O5.C10H16O3.C9H17NO3S.C9H17O5P/c1-17-12(15)10(13(16)18-2)8-11(14)9-6-4-3-5-7-9;12-9(7-4-2-1-3-5-7)6-8(10(13)14)11(15)16;11-9(6-7-10(12)13)8-4-2-1-3-5-8;10-14(12,13)7-6-9(11)8-4-2-1-3-5-8;10-9(6-7-14-15(11,12)13)8-4-2-1-3-5-8/h9-10H,3-8H2,1-2H3;7-8H,1-6H2,(H,13,14)(H,15,16);8H,1-7H2,(H,12,13);8H,1-7H2,(H2,10,12,13);8H,1-7H2,(H2,11,12,13). The van der Waals surface area contributed by atoms with Gasteiger partial charge >= 0.3 is 37.7 Å². The van der Waals surface area contributed by atoms with Crippen LogP contribution in [0.2, 0.25) is 0 Å². The predicted octanol–water partition coefficient (Wildman–Crippen LogP) is 7.25. The second kappa shape index (κ2) is 38.3. The molecule has 0 atom stereocenters. The van der Waals surface area contributed by atoms with Gasteiger partial charge in [0.25, 0.3) is 0 Å². The van der Waals surface area contributed by atoms with Crippen LogP contribution in [0.25, 0.3) is 0 Å². The van der Waals surface area contributed by atoms with Crippen LogP contribution in [0.1, 0.15) is 199 Å². The molecule has 5 saturated carbocycles. The van der Waals surface area contributed by atoms with Gasteiger partial charge in [-0.1, -0.05) is 96.3 Å². The topological polar surface area (TPSA) is 377 Å². The Balaban J connectivity index is 0.000000477. The van der Waals surface area contributed by atoms with Crippen LogP contribution in [0.5, 0.6) is 0 Å². The third kappa shape index (κ3) is 31.8. The second-order valence-electron chi connectivity index (χ2n) is 20.3. The average molecular weight is 1120 g/mol. The van der Waals surface area contributed by atoms with Crippen LogP contribution in [-0.4, -0.2) is 119 Å². The highest BCUT2D eigenvalue weighted by Gasteiger charge is 2.35. The van der Waals surface area contributed by atoms with E-state index >= 15 is 0 Å². The van der Waals surface area contributed by atoms with Crippen LogP contribution in [-0.2, 0) is 76.5 Å². The molecule has 22 nitrogen and oxygen atoms in total. The van der Waals surface area contributed by atoms with Gasteiger partial charge in [0.15, 0.2) is 11.8 Å². The summed E-state index contributed by atoms with van der Waals surface area (Å²) in [5, 5.41) is 30.6. The average Bonchev–Trinajstić information content (AvgIpc) is 3.40. The van der Waals surface area contributed by atoms with Crippen LogP contribution < -0.4 is 5.14 Å². The van der Waals surface area contributed by atoms with E-state index in [1.165, 1.54) is 33.5 Å². The van der Waals surface area contributed by atoms with Crippen molar-refractivity contribution in [3.05, 3.63) is 0 Å². The number of sulfonamides is 1. The van der Waals surface area contributed by atoms with Gasteiger partial charge in [-0.15, -0.1) is 0 Å². The second-order valence-corrected chi connectivity index (χ2v) is 23.3. The van der Waals surface area contributed by atoms with Gasteiger partial charge in [-0.2, -0.15) is 0 Å². The lowest BCUT2D eigenvalue weighted by molar-refractivity contribution is -0.161. The van der Waals surface area contributed by atoms with Crippen molar-refractivity contribution in [3.8, 4) is 0 Å². The molecule has 5 rings (SSSR count). The quantitative estimate of drug-likeness (QED) is 0.0333. The molecule has 24 heteroatoms. The van der Waals surface area contributed by atoms with E-state index in [1.807, 2.05) is 0 Å². The maximum absolute atomic E-state index is 12.0. The number of phosphoric ester groups is 1. The molecule has 76 heavy (non-hydrogen) atoms. The van der Waals surface area contributed by atoms with Crippen molar-refractivity contribution < 1.29 is 100 Å². The molecular weight excluding hydrogens is 1040 g/mol. The first-order valence-electron chi connectivity index (χ1n) is 27.0. The number of hydrogen-bond acceptors (Lipinski definition) is 16. The van der Waals surface area contributed by atoms with Crippen LogP contribution in [0.3, 0.4) is 0 Å². The van der Waals surface area contributed by atoms with Gasteiger partial charge in [-0.05, 0) is 64.2 Å². The van der Waals surface area contributed by atoms with E-state index in [0.29, 0.717) is 0 Å². The molecule has 0 aliphatic heterocycles. The van der Waals surface area contributed by atoms with Crippen LogP contribution >= 0.6 is 7.82 Å². The minimum atomic E-state index is -4.41. The first-order valence-corrected chi connectivity index (χ1v) is 30.2. The number of carbonyl (C=O) groups is 10. The highest BCUT2D eigenvalue weighted by molar-refractivity contribution is 7.89. The molecule has 436 valence electrons. The number of nitrogens with two attached hydrogens (primary N) is 1.